The second-order valence-corrected chi connectivity index (χ2v) is 5.97. The lowest BCUT2D eigenvalue weighted by atomic mass is 10.0. The fourth-order valence-corrected chi connectivity index (χ4v) is 3.79. The molecule has 1 nitrogen and oxygen atoms in total. The van der Waals surface area contributed by atoms with Crippen LogP contribution in [0, 0.1) is 0 Å². The molecule has 0 spiro atoms. The average Bonchev–Trinajstić information content (AvgIpc) is 2.17. The summed E-state index contributed by atoms with van der Waals surface area (Å²) in [5.74, 6) is 0. The Morgan fingerprint density at radius 2 is 1.67 bits per heavy atom. The summed E-state index contributed by atoms with van der Waals surface area (Å²) in [5.41, 5.74) is 0. The summed E-state index contributed by atoms with van der Waals surface area (Å²) < 4.78 is 0. The Bertz CT molecular complexity index is 317. The van der Waals surface area contributed by atoms with Crippen LogP contribution >= 0.6 is 35.0 Å². The zero-order valence-electron chi connectivity index (χ0n) is 8.38. The maximum absolute atomic E-state index is 5.86. The molecular formula is C11H13Cl2NS. The fraction of sp³-hybridized carbons (Fsp3) is 0.545. The molecule has 15 heavy (non-hydrogen) atoms. The lowest BCUT2D eigenvalue weighted by Crippen LogP contribution is -2.07. The van der Waals surface area contributed by atoms with Gasteiger partial charge in [-0.25, -0.2) is 4.98 Å². The molecule has 1 heterocycles. The molecule has 1 aromatic rings. The smallest absolute Gasteiger partial charge is 0.131 e. The monoisotopic (exact) mass is 261 g/mol. The van der Waals surface area contributed by atoms with E-state index >= 15 is 0 Å². The highest BCUT2D eigenvalue weighted by atomic mass is 35.5. The molecule has 0 aliphatic heterocycles. The van der Waals surface area contributed by atoms with Gasteiger partial charge in [-0.3, -0.25) is 0 Å². The van der Waals surface area contributed by atoms with Crippen molar-refractivity contribution in [2.24, 2.45) is 0 Å². The minimum atomic E-state index is 0.487. The van der Waals surface area contributed by atoms with Crippen LogP contribution < -0.4 is 0 Å². The van der Waals surface area contributed by atoms with Crippen molar-refractivity contribution in [3.63, 3.8) is 0 Å². The molecule has 4 heteroatoms. The predicted molar refractivity (Wildman–Crippen MR) is 67.0 cm³/mol. The molecule has 0 radical (unpaired) electrons. The largest absolute Gasteiger partial charge is 0.224 e. The van der Waals surface area contributed by atoms with E-state index in [-0.39, 0.29) is 0 Å². The van der Waals surface area contributed by atoms with E-state index < -0.39 is 0 Å². The van der Waals surface area contributed by atoms with Crippen molar-refractivity contribution in [1.82, 2.24) is 4.98 Å². The summed E-state index contributed by atoms with van der Waals surface area (Å²) in [5, 5.41) is 1.70. The summed E-state index contributed by atoms with van der Waals surface area (Å²) >= 11 is 13.6. The third kappa shape index (κ3) is 3.54. The summed E-state index contributed by atoms with van der Waals surface area (Å²) in [6.45, 7) is 0. The maximum atomic E-state index is 5.86. The van der Waals surface area contributed by atoms with E-state index in [1.807, 2.05) is 23.9 Å². The zero-order valence-corrected chi connectivity index (χ0v) is 10.7. The third-order valence-corrected chi connectivity index (χ3v) is 4.29. The number of nitrogens with zero attached hydrogens (tertiary/aromatic N) is 1. The molecule has 0 unspecified atom stereocenters. The Hall–Kier alpha value is 0.0800. The van der Waals surface area contributed by atoms with Crippen molar-refractivity contribution in [2.45, 2.75) is 42.2 Å². The maximum Gasteiger partial charge on any atom is 0.131 e. The van der Waals surface area contributed by atoms with Crippen molar-refractivity contribution in [2.75, 3.05) is 0 Å². The zero-order chi connectivity index (χ0) is 10.7. The van der Waals surface area contributed by atoms with Gasteiger partial charge in [-0.15, -0.1) is 11.8 Å². The molecule has 1 aliphatic carbocycles. The van der Waals surface area contributed by atoms with E-state index in [4.69, 9.17) is 23.2 Å². The Balaban J connectivity index is 2.02. The molecular weight excluding hydrogens is 249 g/mol. The highest BCUT2D eigenvalue weighted by Gasteiger charge is 2.15. The quantitative estimate of drug-likeness (QED) is 0.709. The molecule has 82 valence electrons. The van der Waals surface area contributed by atoms with E-state index in [1.54, 1.807) is 0 Å². The number of hydrogen-bond donors (Lipinski definition) is 0. The number of hydrogen-bond acceptors (Lipinski definition) is 2. The fourth-order valence-electron chi connectivity index (χ4n) is 1.89. The van der Waals surface area contributed by atoms with Crippen molar-refractivity contribution in [3.8, 4) is 0 Å². The van der Waals surface area contributed by atoms with Crippen LogP contribution in [-0.2, 0) is 0 Å². The van der Waals surface area contributed by atoms with Gasteiger partial charge in [0.15, 0.2) is 0 Å². The van der Waals surface area contributed by atoms with E-state index in [1.165, 1.54) is 32.1 Å². The van der Waals surface area contributed by atoms with Crippen LogP contribution in [-0.4, -0.2) is 10.2 Å². The van der Waals surface area contributed by atoms with Gasteiger partial charge in [0.2, 0.25) is 0 Å². The number of aromatic nitrogens is 1. The van der Waals surface area contributed by atoms with Gasteiger partial charge in [-0.2, -0.15) is 0 Å². The molecule has 2 rings (SSSR count). The van der Waals surface area contributed by atoms with Crippen LogP contribution in [0.15, 0.2) is 17.0 Å². The topological polar surface area (TPSA) is 12.9 Å². The minimum absolute atomic E-state index is 0.487. The Morgan fingerprint density at radius 3 is 2.27 bits per heavy atom. The van der Waals surface area contributed by atoms with Gasteiger partial charge >= 0.3 is 0 Å². The molecule has 1 fully saturated rings. The van der Waals surface area contributed by atoms with E-state index in [0.717, 1.165) is 10.1 Å². The molecule has 1 aliphatic rings. The minimum Gasteiger partial charge on any atom is -0.224 e. The van der Waals surface area contributed by atoms with Crippen LogP contribution in [0.4, 0.5) is 0 Å². The molecule has 0 aromatic carbocycles. The summed E-state index contributed by atoms with van der Waals surface area (Å²) in [6, 6.07) is 3.79. The summed E-state index contributed by atoms with van der Waals surface area (Å²) in [6.07, 6.45) is 6.70. The van der Waals surface area contributed by atoms with Crippen molar-refractivity contribution in [3.05, 3.63) is 22.4 Å². The highest BCUT2D eigenvalue weighted by molar-refractivity contribution is 8.00. The highest BCUT2D eigenvalue weighted by Crippen LogP contribution is 2.34. The lowest BCUT2D eigenvalue weighted by molar-refractivity contribution is 0.516. The second-order valence-electron chi connectivity index (χ2n) is 3.83. The predicted octanol–water partition coefficient (Wildman–Crippen LogP) is 4.81. The number of thioether (sulfide) groups is 1. The Labute approximate surface area is 105 Å². The molecule has 0 N–H and O–H groups in total. The standard InChI is InChI=1S/C11H13Cl2NS/c12-10-6-9(7-11(13)14-10)15-8-4-2-1-3-5-8/h6-8H,1-5H2. The van der Waals surface area contributed by atoms with Gasteiger partial charge in [-0.05, 0) is 25.0 Å². The molecule has 0 bridgehead atoms. The Morgan fingerprint density at radius 1 is 1.07 bits per heavy atom. The molecule has 1 aromatic heterocycles. The van der Waals surface area contributed by atoms with E-state index in [0.29, 0.717) is 10.3 Å². The number of rotatable bonds is 2. The van der Waals surface area contributed by atoms with Crippen molar-refractivity contribution >= 4 is 35.0 Å². The first-order valence-electron chi connectivity index (χ1n) is 5.24. The summed E-state index contributed by atoms with van der Waals surface area (Å²) in [4.78, 5) is 5.09. The molecule has 0 amide bonds. The number of halogens is 2. The van der Waals surface area contributed by atoms with E-state index in [9.17, 15) is 0 Å². The number of pyridine rings is 1. The molecule has 1 saturated carbocycles. The van der Waals surface area contributed by atoms with Crippen molar-refractivity contribution in [1.29, 1.82) is 0 Å². The van der Waals surface area contributed by atoms with Gasteiger partial charge in [0.25, 0.3) is 0 Å². The Kier molecular flexibility index (Phi) is 4.18. The van der Waals surface area contributed by atoms with Crippen molar-refractivity contribution < 1.29 is 0 Å². The van der Waals surface area contributed by atoms with Crippen LogP contribution in [0.3, 0.4) is 0 Å². The lowest BCUT2D eigenvalue weighted by Gasteiger charge is -2.20. The third-order valence-electron chi connectivity index (χ3n) is 2.59. The SMILES string of the molecule is Clc1cc(SC2CCCCC2)cc(Cl)n1. The van der Waals surface area contributed by atoms with Crippen LogP contribution in [0.5, 0.6) is 0 Å². The molecule has 0 saturated heterocycles. The van der Waals surface area contributed by atoms with Gasteiger partial charge < -0.3 is 0 Å². The van der Waals surface area contributed by atoms with E-state index in [2.05, 4.69) is 4.98 Å². The van der Waals surface area contributed by atoms with Gasteiger partial charge in [-0.1, -0.05) is 42.5 Å². The van der Waals surface area contributed by atoms with Gasteiger partial charge in [0.05, 0.1) is 0 Å². The van der Waals surface area contributed by atoms with Gasteiger partial charge in [0, 0.05) is 10.1 Å². The first-order valence-corrected chi connectivity index (χ1v) is 6.87. The van der Waals surface area contributed by atoms with Crippen LogP contribution in [0.1, 0.15) is 32.1 Å². The molecule has 0 atom stereocenters. The van der Waals surface area contributed by atoms with Gasteiger partial charge in [0.1, 0.15) is 10.3 Å². The second kappa shape index (κ2) is 5.42. The van der Waals surface area contributed by atoms with Crippen LogP contribution in [0.2, 0.25) is 10.3 Å². The summed E-state index contributed by atoms with van der Waals surface area (Å²) in [7, 11) is 0. The normalized spacial score (nSPS) is 18.0. The average molecular weight is 262 g/mol. The van der Waals surface area contributed by atoms with Crippen LogP contribution in [0.25, 0.3) is 0 Å². The first-order chi connectivity index (χ1) is 7.24. The first kappa shape index (κ1) is 11.6.